The molecule has 1 atom stereocenters. The second-order valence-corrected chi connectivity index (χ2v) is 4.38. The molecule has 3 N–H and O–H groups in total. The molecule has 2 aromatic rings. The number of aromatic nitrogens is 2. The standard InChI is InChI=1S/C11H14N4O2S/c1-16-8-3-7(4-9(5-8)17-2)11(14-12)10-6-13-15-18-10/h3-6,11,14H,12H2,1-2H3. The highest BCUT2D eigenvalue weighted by Crippen LogP contribution is 2.30. The number of ether oxygens (including phenoxy) is 2. The number of hydrazine groups is 1. The molecule has 1 aromatic carbocycles. The van der Waals surface area contributed by atoms with Crippen molar-refractivity contribution in [2.24, 2.45) is 5.84 Å². The molecule has 2 rings (SSSR count). The van der Waals surface area contributed by atoms with Crippen molar-refractivity contribution in [3.63, 3.8) is 0 Å². The van der Waals surface area contributed by atoms with Crippen LogP contribution in [0.4, 0.5) is 0 Å². The minimum Gasteiger partial charge on any atom is -0.497 e. The van der Waals surface area contributed by atoms with Crippen molar-refractivity contribution >= 4 is 11.5 Å². The van der Waals surface area contributed by atoms with Crippen LogP contribution in [0.2, 0.25) is 0 Å². The highest BCUT2D eigenvalue weighted by molar-refractivity contribution is 7.05. The van der Waals surface area contributed by atoms with Crippen LogP contribution < -0.4 is 20.7 Å². The van der Waals surface area contributed by atoms with Crippen LogP contribution in [0, 0.1) is 0 Å². The lowest BCUT2D eigenvalue weighted by atomic mass is 10.1. The fraction of sp³-hybridized carbons (Fsp3) is 0.273. The molecule has 0 bridgehead atoms. The van der Waals surface area contributed by atoms with Crippen LogP contribution in [-0.4, -0.2) is 23.8 Å². The van der Waals surface area contributed by atoms with E-state index in [9.17, 15) is 0 Å². The lowest BCUT2D eigenvalue weighted by Gasteiger charge is -2.16. The fourth-order valence-electron chi connectivity index (χ4n) is 1.64. The van der Waals surface area contributed by atoms with Gasteiger partial charge in [-0.2, -0.15) is 0 Å². The quantitative estimate of drug-likeness (QED) is 0.623. The third-order valence-electron chi connectivity index (χ3n) is 2.54. The molecular weight excluding hydrogens is 252 g/mol. The first-order valence-corrected chi connectivity index (χ1v) is 6.02. The Balaban J connectivity index is 2.41. The molecule has 18 heavy (non-hydrogen) atoms. The Morgan fingerprint density at radius 2 is 1.89 bits per heavy atom. The highest BCUT2D eigenvalue weighted by Gasteiger charge is 2.16. The van der Waals surface area contributed by atoms with Crippen molar-refractivity contribution in [1.82, 2.24) is 15.0 Å². The van der Waals surface area contributed by atoms with E-state index >= 15 is 0 Å². The summed E-state index contributed by atoms with van der Waals surface area (Å²) in [6.07, 6.45) is 1.68. The Bertz CT molecular complexity index is 481. The van der Waals surface area contributed by atoms with Crippen molar-refractivity contribution < 1.29 is 9.47 Å². The molecule has 1 unspecified atom stereocenters. The minimum absolute atomic E-state index is 0.186. The van der Waals surface area contributed by atoms with Crippen LogP contribution in [0.5, 0.6) is 11.5 Å². The Morgan fingerprint density at radius 3 is 2.33 bits per heavy atom. The van der Waals surface area contributed by atoms with Gasteiger partial charge in [-0.25, -0.2) is 5.43 Å². The Kier molecular flexibility index (Phi) is 4.08. The van der Waals surface area contributed by atoms with Crippen LogP contribution in [0.1, 0.15) is 16.5 Å². The lowest BCUT2D eigenvalue weighted by molar-refractivity contribution is 0.392. The molecule has 0 amide bonds. The summed E-state index contributed by atoms with van der Waals surface area (Å²) in [6, 6.07) is 5.41. The van der Waals surface area contributed by atoms with Gasteiger partial charge in [-0.1, -0.05) is 4.49 Å². The number of hydrogen-bond acceptors (Lipinski definition) is 7. The maximum absolute atomic E-state index is 5.60. The molecule has 0 saturated heterocycles. The molecule has 6 nitrogen and oxygen atoms in total. The number of methoxy groups -OCH3 is 2. The van der Waals surface area contributed by atoms with Gasteiger partial charge in [0.15, 0.2) is 0 Å². The van der Waals surface area contributed by atoms with Crippen molar-refractivity contribution in [2.75, 3.05) is 14.2 Å². The zero-order chi connectivity index (χ0) is 13.0. The van der Waals surface area contributed by atoms with Gasteiger partial charge in [-0.3, -0.25) is 5.84 Å². The molecule has 0 aliphatic heterocycles. The largest absolute Gasteiger partial charge is 0.497 e. The summed E-state index contributed by atoms with van der Waals surface area (Å²) in [5.74, 6) is 7.02. The van der Waals surface area contributed by atoms with E-state index in [-0.39, 0.29) is 6.04 Å². The topological polar surface area (TPSA) is 82.3 Å². The summed E-state index contributed by atoms with van der Waals surface area (Å²) in [7, 11) is 3.22. The summed E-state index contributed by atoms with van der Waals surface area (Å²) in [6.45, 7) is 0. The molecule has 0 aliphatic carbocycles. The van der Waals surface area contributed by atoms with E-state index in [0.29, 0.717) is 11.5 Å². The molecule has 1 heterocycles. The van der Waals surface area contributed by atoms with Crippen molar-refractivity contribution in [3.8, 4) is 11.5 Å². The third kappa shape index (κ3) is 2.58. The van der Waals surface area contributed by atoms with Crippen molar-refractivity contribution in [1.29, 1.82) is 0 Å². The molecule has 0 radical (unpaired) electrons. The first kappa shape index (κ1) is 12.7. The number of nitrogens with two attached hydrogens (primary N) is 1. The first-order chi connectivity index (χ1) is 8.78. The predicted molar refractivity (Wildman–Crippen MR) is 68.6 cm³/mol. The fourth-order valence-corrected chi connectivity index (χ4v) is 2.23. The van der Waals surface area contributed by atoms with Gasteiger partial charge >= 0.3 is 0 Å². The van der Waals surface area contributed by atoms with Gasteiger partial charge < -0.3 is 9.47 Å². The Hall–Kier alpha value is -1.70. The number of hydrogen-bond donors (Lipinski definition) is 2. The molecule has 0 spiro atoms. The van der Waals surface area contributed by atoms with Gasteiger partial charge in [0.25, 0.3) is 0 Å². The molecular formula is C11H14N4O2S. The van der Waals surface area contributed by atoms with Gasteiger partial charge in [-0.05, 0) is 29.2 Å². The highest BCUT2D eigenvalue weighted by atomic mass is 32.1. The van der Waals surface area contributed by atoms with E-state index in [0.717, 1.165) is 10.4 Å². The van der Waals surface area contributed by atoms with Crippen LogP contribution >= 0.6 is 11.5 Å². The van der Waals surface area contributed by atoms with Gasteiger partial charge in [0, 0.05) is 6.07 Å². The van der Waals surface area contributed by atoms with E-state index in [2.05, 4.69) is 15.0 Å². The molecule has 7 heteroatoms. The lowest BCUT2D eigenvalue weighted by Crippen LogP contribution is -2.28. The van der Waals surface area contributed by atoms with Crippen LogP contribution in [-0.2, 0) is 0 Å². The summed E-state index contributed by atoms with van der Waals surface area (Å²) in [4.78, 5) is 0.924. The molecule has 96 valence electrons. The molecule has 1 aromatic heterocycles. The van der Waals surface area contributed by atoms with Crippen LogP contribution in [0.15, 0.2) is 24.4 Å². The Morgan fingerprint density at radius 1 is 1.22 bits per heavy atom. The minimum atomic E-state index is -0.186. The normalized spacial score (nSPS) is 12.2. The van der Waals surface area contributed by atoms with Crippen molar-refractivity contribution in [2.45, 2.75) is 6.04 Å². The van der Waals surface area contributed by atoms with Crippen LogP contribution in [0.25, 0.3) is 0 Å². The molecule has 0 aliphatic rings. The summed E-state index contributed by atoms with van der Waals surface area (Å²) in [5.41, 5.74) is 3.67. The zero-order valence-corrected chi connectivity index (χ0v) is 10.9. The Labute approximate surface area is 109 Å². The number of nitrogens with zero attached hydrogens (tertiary/aromatic N) is 2. The molecule has 0 fully saturated rings. The molecule has 0 saturated carbocycles. The summed E-state index contributed by atoms with van der Waals surface area (Å²) >= 11 is 1.29. The second kappa shape index (κ2) is 5.76. The maximum atomic E-state index is 5.60. The van der Waals surface area contributed by atoms with E-state index in [4.69, 9.17) is 15.3 Å². The summed E-state index contributed by atoms with van der Waals surface area (Å²) in [5, 5.41) is 3.81. The van der Waals surface area contributed by atoms with Crippen molar-refractivity contribution in [3.05, 3.63) is 34.8 Å². The SMILES string of the molecule is COc1cc(OC)cc(C(NN)c2cnns2)c1. The smallest absolute Gasteiger partial charge is 0.122 e. The van der Waals surface area contributed by atoms with E-state index in [1.165, 1.54) is 11.5 Å². The number of nitrogens with one attached hydrogen (secondary N) is 1. The average Bonchev–Trinajstić information content (AvgIpc) is 2.93. The van der Waals surface area contributed by atoms with Gasteiger partial charge in [0.05, 0.1) is 31.3 Å². The number of rotatable bonds is 5. The predicted octanol–water partition coefficient (Wildman–Crippen LogP) is 1.11. The van der Waals surface area contributed by atoms with E-state index in [1.54, 1.807) is 20.4 Å². The number of benzene rings is 1. The van der Waals surface area contributed by atoms with Gasteiger partial charge in [-0.15, -0.1) is 5.10 Å². The second-order valence-electron chi connectivity index (χ2n) is 3.57. The van der Waals surface area contributed by atoms with Gasteiger partial charge in [0.2, 0.25) is 0 Å². The maximum Gasteiger partial charge on any atom is 0.122 e. The van der Waals surface area contributed by atoms with Gasteiger partial charge in [0.1, 0.15) is 11.5 Å². The zero-order valence-electron chi connectivity index (χ0n) is 10.1. The van der Waals surface area contributed by atoms with Crippen LogP contribution in [0.3, 0.4) is 0 Å². The third-order valence-corrected chi connectivity index (χ3v) is 3.26. The first-order valence-electron chi connectivity index (χ1n) is 5.25. The summed E-state index contributed by atoms with van der Waals surface area (Å²) < 4.78 is 14.3. The monoisotopic (exact) mass is 266 g/mol. The van der Waals surface area contributed by atoms with E-state index in [1.807, 2.05) is 18.2 Å². The average molecular weight is 266 g/mol. The van der Waals surface area contributed by atoms with E-state index < -0.39 is 0 Å².